The second kappa shape index (κ2) is 11.0. The molecule has 0 atom stereocenters. The summed E-state index contributed by atoms with van der Waals surface area (Å²) in [5.41, 5.74) is 2.47. The first-order valence-electron chi connectivity index (χ1n) is 11.5. The van der Waals surface area contributed by atoms with Gasteiger partial charge >= 0.3 is 0 Å². The normalized spacial score (nSPS) is 14.7. The number of nitrogens with zero attached hydrogens (tertiary/aromatic N) is 2. The Labute approximate surface area is 195 Å². The third-order valence-corrected chi connectivity index (χ3v) is 6.32. The van der Waals surface area contributed by atoms with Crippen molar-refractivity contribution in [3.8, 4) is 0 Å². The molecule has 1 saturated heterocycles. The SMILES string of the molecule is CN(C(=O)CN1CCC(Cc2ccccc2)CC1)c1ccccc1C(=O)NCc1ccco1. The highest BCUT2D eigenvalue weighted by molar-refractivity contribution is 6.04. The van der Waals surface area contributed by atoms with Gasteiger partial charge in [-0.05, 0) is 68.1 Å². The third kappa shape index (κ3) is 6.11. The summed E-state index contributed by atoms with van der Waals surface area (Å²) in [5, 5.41) is 2.86. The van der Waals surface area contributed by atoms with E-state index in [1.165, 1.54) is 5.56 Å². The average molecular weight is 446 g/mol. The van der Waals surface area contributed by atoms with Crippen molar-refractivity contribution in [2.75, 3.05) is 31.6 Å². The van der Waals surface area contributed by atoms with E-state index in [9.17, 15) is 9.59 Å². The molecule has 2 heterocycles. The number of para-hydroxylation sites is 1. The zero-order valence-electron chi connectivity index (χ0n) is 19.1. The van der Waals surface area contributed by atoms with Crippen LogP contribution in [0.15, 0.2) is 77.4 Å². The minimum absolute atomic E-state index is 0.0113. The fraction of sp³-hybridized carbons (Fsp3) is 0.333. The van der Waals surface area contributed by atoms with Gasteiger partial charge in [0.15, 0.2) is 0 Å². The van der Waals surface area contributed by atoms with Crippen molar-refractivity contribution in [2.45, 2.75) is 25.8 Å². The predicted molar refractivity (Wildman–Crippen MR) is 129 cm³/mol. The Balaban J connectivity index is 1.31. The quantitative estimate of drug-likeness (QED) is 0.566. The van der Waals surface area contributed by atoms with Crippen molar-refractivity contribution < 1.29 is 14.0 Å². The molecule has 3 aromatic rings. The van der Waals surface area contributed by atoms with Crippen molar-refractivity contribution in [2.24, 2.45) is 5.92 Å². The van der Waals surface area contributed by atoms with Gasteiger partial charge in [-0.1, -0.05) is 42.5 Å². The zero-order chi connectivity index (χ0) is 23.0. The molecule has 1 fully saturated rings. The maximum absolute atomic E-state index is 13.0. The molecule has 1 aliphatic heterocycles. The first kappa shape index (κ1) is 22.8. The van der Waals surface area contributed by atoms with Crippen LogP contribution in [0.1, 0.15) is 34.5 Å². The van der Waals surface area contributed by atoms with Gasteiger partial charge in [0.2, 0.25) is 5.91 Å². The highest BCUT2D eigenvalue weighted by atomic mass is 16.3. The lowest BCUT2D eigenvalue weighted by Crippen LogP contribution is -2.43. The highest BCUT2D eigenvalue weighted by Crippen LogP contribution is 2.23. The number of anilines is 1. The molecule has 2 aromatic carbocycles. The summed E-state index contributed by atoms with van der Waals surface area (Å²) in [6.07, 6.45) is 4.87. The molecule has 0 spiro atoms. The van der Waals surface area contributed by atoms with E-state index in [1.54, 1.807) is 36.4 Å². The van der Waals surface area contributed by atoms with E-state index >= 15 is 0 Å². The second-order valence-electron chi connectivity index (χ2n) is 8.64. The standard InChI is InChI=1S/C27H31N3O3/c1-29(25-12-6-5-11-24(25)27(32)28-19-23-10-7-17-33-23)26(31)20-30-15-13-22(14-16-30)18-21-8-3-2-4-9-21/h2-12,17,22H,13-16,18-20H2,1H3,(H,28,32). The summed E-state index contributed by atoms with van der Waals surface area (Å²) in [6.45, 7) is 2.50. The molecule has 0 radical (unpaired) electrons. The summed E-state index contributed by atoms with van der Waals surface area (Å²) < 4.78 is 5.28. The third-order valence-electron chi connectivity index (χ3n) is 6.32. The number of likely N-dealkylation sites (N-methyl/N-ethyl adjacent to an activating group) is 1. The molecule has 0 aliphatic carbocycles. The summed E-state index contributed by atoms with van der Waals surface area (Å²) in [7, 11) is 1.74. The molecular weight excluding hydrogens is 414 g/mol. The van der Waals surface area contributed by atoms with E-state index < -0.39 is 0 Å². The number of hydrogen-bond acceptors (Lipinski definition) is 4. The zero-order valence-corrected chi connectivity index (χ0v) is 19.1. The number of nitrogens with one attached hydrogen (secondary N) is 1. The van der Waals surface area contributed by atoms with Crippen molar-refractivity contribution in [3.63, 3.8) is 0 Å². The van der Waals surface area contributed by atoms with E-state index in [0.29, 0.717) is 36.0 Å². The highest BCUT2D eigenvalue weighted by Gasteiger charge is 2.24. The van der Waals surface area contributed by atoms with Crippen LogP contribution >= 0.6 is 0 Å². The van der Waals surface area contributed by atoms with Gasteiger partial charge < -0.3 is 14.6 Å². The van der Waals surface area contributed by atoms with Gasteiger partial charge in [-0.25, -0.2) is 0 Å². The Morgan fingerprint density at radius 1 is 1.00 bits per heavy atom. The monoisotopic (exact) mass is 445 g/mol. The Morgan fingerprint density at radius 2 is 1.73 bits per heavy atom. The molecule has 1 N–H and O–H groups in total. The van der Waals surface area contributed by atoms with Crippen molar-refractivity contribution in [1.82, 2.24) is 10.2 Å². The summed E-state index contributed by atoms with van der Waals surface area (Å²) >= 11 is 0. The number of piperidine rings is 1. The van der Waals surface area contributed by atoms with Crippen LogP contribution in [-0.4, -0.2) is 43.4 Å². The van der Waals surface area contributed by atoms with Crippen LogP contribution in [0.5, 0.6) is 0 Å². The molecule has 1 aromatic heterocycles. The van der Waals surface area contributed by atoms with Crippen LogP contribution in [0.25, 0.3) is 0 Å². The molecule has 33 heavy (non-hydrogen) atoms. The Hall–Kier alpha value is -3.38. The summed E-state index contributed by atoms with van der Waals surface area (Å²) in [6, 6.07) is 21.4. The Morgan fingerprint density at radius 3 is 2.45 bits per heavy atom. The van der Waals surface area contributed by atoms with Gasteiger partial charge in [-0.3, -0.25) is 14.5 Å². The van der Waals surface area contributed by atoms with E-state index in [4.69, 9.17) is 4.42 Å². The minimum atomic E-state index is -0.233. The second-order valence-corrected chi connectivity index (χ2v) is 8.64. The van der Waals surface area contributed by atoms with Crippen molar-refractivity contribution in [3.05, 3.63) is 89.9 Å². The summed E-state index contributed by atoms with van der Waals surface area (Å²) in [4.78, 5) is 29.6. The molecule has 6 heteroatoms. The molecule has 172 valence electrons. The largest absolute Gasteiger partial charge is 0.467 e. The lowest BCUT2D eigenvalue weighted by molar-refractivity contribution is -0.119. The molecule has 0 bridgehead atoms. The molecule has 2 amide bonds. The number of furan rings is 1. The molecule has 1 aliphatic rings. The molecular formula is C27H31N3O3. The minimum Gasteiger partial charge on any atom is -0.467 e. The molecule has 0 unspecified atom stereocenters. The van der Waals surface area contributed by atoms with Crippen LogP contribution < -0.4 is 10.2 Å². The number of carbonyl (C=O) groups is 2. The smallest absolute Gasteiger partial charge is 0.253 e. The van der Waals surface area contributed by atoms with Crippen molar-refractivity contribution >= 4 is 17.5 Å². The van der Waals surface area contributed by atoms with Gasteiger partial charge in [0.1, 0.15) is 5.76 Å². The van der Waals surface area contributed by atoms with Gasteiger partial charge in [-0.2, -0.15) is 0 Å². The maximum Gasteiger partial charge on any atom is 0.253 e. The van der Waals surface area contributed by atoms with Gasteiger partial charge in [0.25, 0.3) is 5.91 Å². The first-order chi connectivity index (χ1) is 16.1. The number of benzene rings is 2. The van der Waals surface area contributed by atoms with E-state index in [-0.39, 0.29) is 11.8 Å². The fourth-order valence-electron chi connectivity index (χ4n) is 4.36. The number of carbonyl (C=O) groups excluding carboxylic acids is 2. The molecule has 0 saturated carbocycles. The number of likely N-dealkylation sites (tertiary alicyclic amines) is 1. The van der Waals surface area contributed by atoms with Crippen LogP contribution in [0.3, 0.4) is 0 Å². The lowest BCUT2D eigenvalue weighted by atomic mass is 9.90. The fourth-order valence-corrected chi connectivity index (χ4v) is 4.36. The Bertz CT molecular complexity index is 1040. The number of hydrogen-bond donors (Lipinski definition) is 1. The molecule has 6 nitrogen and oxygen atoms in total. The Kier molecular flexibility index (Phi) is 7.58. The van der Waals surface area contributed by atoms with E-state index in [0.717, 1.165) is 32.4 Å². The van der Waals surface area contributed by atoms with E-state index in [2.05, 4.69) is 40.5 Å². The van der Waals surface area contributed by atoms with Crippen LogP contribution in [0.2, 0.25) is 0 Å². The first-order valence-corrected chi connectivity index (χ1v) is 11.5. The number of amides is 2. The number of rotatable bonds is 8. The van der Waals surface area contributed by atoms with Gasteiger partial charge in [-0.15, -0.1) is 0 Å². The van der Waals surface area contributed by atoms with Crippen LogP contribution in [0.4, 0.5) is 5.69 Å². The topological polar surface area (TPSA) is 65.8 Å². The average Bonchev–Trinajstić information content (AvgIpc) is 3.38. The lowest BCUT2D eigenvalue weighted by Gasteiger charge is -2.32. The molecule has 4 rings (SSSR count). The maximum atomic E-state index is 13.0. The van der Waals surface area contributed by atoms with Gasteiger partial charge in [0, 0.05) is 7.05 Å². The van der Waals surface area contributed by atoms with E-state index in [1.807, 2.05) is 18.2 Å². The van der Waals surface area contributed by atoms with Crippen LogP contribution in [0, 0.1) is 5.92 Å². The van der Waals surface area contributed by atoms with Crippen LogP contribution in [-0.2, 0) is 17.8 Å². The van der Waals surface area contributed by atoms with Gasteiger partial charge in [0.05, 0.1) is 30.6 Å². The predicted octanol–water partition coefficient (Wildman–Crippen LogP) is 4.13. The van der Waals surface area contributed by atoms with Crippen molar-refractivity contribution in [1.29, 1.82) is 0 Å². The summed E-state index contributed by atoms with van der Waals surface area (Å²) in [5.74, 6) is 1.10.